The number of anilines is 2. The predicted molar refractivity (Wildman–Crippen MR) is 83.8 cm³/mol. The highest BCUT2D eigenvalue weighted by Gasteiger charge is 2.18. The van der Waals surface area contributed by atoms with Crippen molar-refractivity contribution in [3.63, 3.8) is 0 Å². The van der Waals surface area contributed by atoms with Gasteiger partial charge in [-0.05, 0) is 31.4 Å². The number of nitrogens with zero attached hydrogens (tertiary/aromatic N) is 4. The van der Waals surface area contributed by atoms with Gasteiger partial charge in [-0.15, -0.1) is 0 Å². The molecular formula is C15H18N6O. The minimum atomic E-state index is 0.558. The molecule has 0 amide bonds. The fourth-order valence-corrected chi connectivity index (χ4v) is 2.81. The largest absolute Gasteiger partial charge is 0.467 e. The number of imidazole rings is 1. The minimum Gasteiger partial charge on any atom is -0.467 e. The molecule has 4 heterocycles. The van der Waals surface area contributed by atoms with Crippen LogP contribution in [0.5, 0.6) is 0 Å². The van der Waals surface area contributed by atoms with Crippen molar-refractivity contribution in [2.24, 2.45) is 0 Å². The molecule has 0 spiro atoms. The fraction of sp³-hybridized carbons (Fsp3) is 0.400. The molecule has 3 aromatic heterocycles. The van der Waals surface area contributed by atoms with Gasteiger partial charge in [0.05, 0.1) is 19.1 Å². The molecule has 0 unspecified atom stereocenters. The number of nitrogens with one attached hydrogen (secondary N) is 2. The Hall–Kier alpha value is -2.57. The van der Waals surface area contributed by atoms with Gasteiger partial charge in [-0.2, -0.15) is 9.97 Å². The molecule has 0 atom stereocenters. The first kappa shape index (κ1) is 13.1. The maximum atomic E-state index is 5.32. The highest BCUT2D eigenvalue weighted by Crippen LogP contribution is 2.25. The van der Waals surface area contributed by atoms with Crippen LogP contribution in [0, 0.1) is 0 Å². The van der Waals surface area contributed by atoms with Crippen LogP contribution in [0.4, 0.5) is 11.8 Å². The molecule has 0 saturated carbocycles. The van der Waals surface area contributed by atoms with Crippen molar-refractivity contribution in [2.75, 3.05) is 23.3 Å². The van der Waals surface area contributed by atoms with Gasteiger partial charge < -0.3 is 19.6 Å². The van der Waals surface area contributed by atoms with Crippen molar-refractivity contribution in [1.82, 2.24) is 19.9 Å². The Bertz CT molecular complexity index is 745. The van der Waals surface area contributed by atoms with Crippen LogP contribution in [0.1, 0.15) is 25.0 Å². The zero-order valence-electron chi connectivity index (χ0n) is 12.2. The van der Waals surface area contributed by atoms with E-state index in [4.69, 9.17) is 4.42 Å². The second kappa shape index (κ2) is 5.67. The van der Waals surface area contributed by atoms with E-state index in [9.17, 15) is 0 Å². The molecular weight excluding hydrogens is 280 g/mol. The molecule has 0 aromatic carbocycles. The third kappa shape index (κ3) is 2.49. The second-order valence-corrected chi connectivity index (χ2v) is 5.45. The van der Waals surface area contributed by atoms with Gasteiger partial charge in [-0.25, -0.2) is 4.98 Å². The zero-order chi connectivity index (χ0) is 14.8. The molecule has 22 heavy (non-hydrogen) atoms. The van der Waals surface area contributed by atoms with Gasteiger partial charge in [-0.1, -0.05) is 0 Å². The number of hydrogen-bond acceptors (Lipinski definition) is 6. The molecule has 2 N–H and O–H groups in total. The van der Waals surface area contributed by atoms with E-state index in [1.54, 1.807) is 12.6 Å². The summed E-state index contributed by atoms with van der Waals surface area (Å²) in [5.41, 5.74) is 1.60. The summed E-state index contributed by atoms with van der Waals surface area (Å²) in [5.74, 6) is 2.37. The highest BCUT2D eigenvalue weighted by molar-refractivity contribution is 5.84. The van der Waals surface area contributed by atoms with Crippen LogP contribution in [0.15, 0.2) is 29.1 Å². The lowest BCUT2D eigenvalue weighted by Crippen LogP contribution is -2.30. The van der Waals surface area contributed by atoms with Crippen molar-refractivity contribution in [3.05, 3.63) is 30.5 Å². The average molecular weight is 298 g/mol. The fourth-order valence-electron chi connectivity index (χ4n) is 2.81. The molecule has 0 radical (unpaired) electrons. The normalized spacial score (nSPS) is 15.4. The van der Waals surface area contributed by atoms with E-state index in [0.717, 1.165) is 30.2 Å². The number of H-pyrrole nitrogens is 1. The number of rotatable bonds is 4. The highest BCUT2D eigenvalue weighted by atomic mass is 16.3. The first-order valence-corrected chi connectivity index (χ1v) is 7.62. The number of aromatic amines is 1. The Balaban J connectivity index is 1.64. The summed E-state index contributed by atoms with van der Waals surface area (Å²) >= 11 is 0. The van der Waals surface area contributed by atoms with Gasteiger partial charge in [0.25, 0.3) is 0 Å². The van der Waals surface area contributed by atoms with Gasteiger partial charge in [0.2, 0.25) is 5.95 Å². The van der Waals surface area contributed by atoms with E-state index in [2.05, 4.69) is 30.2 Å². The summed E-state index contributed by atoms with van der Waals surface area (Å²) in [6, 6.07) is 3.79. The summed E-state index contributed by atoms with van der Waals surface area (Å²) in [7, 11) is 0. The van der Waals surface area contributed by atoms with E-state index >= 15 is 0 Å². The smallest absolute Gasteiger partial charge is 0.227 e. The lowest BCUT2D eigenvalue weighted by Gasteiger charge is -2.28. The molecule has 0 aliphatic carbocycles. The molecule has 0 bridgehead atoms. The van der Waals surface area contributed by atoms with Crippen molar-refractivity contribution in [3.8, 4) is 0 Å². The van der Waals surface area contributed by atoms with Crippen LogP contribution < -0.4 is 10.2 Å². The summed E-state index contributed by atoms with van der Waals surface area (Å²) in [6.45, 7) is 2.62. The number of hydrogen-bond donors (Lipinski definition) is 2. The Labute approximate surface area is 127 Å². The van der Waals surface area contributed by atoms with Crippen LogP contribution in [0.2, 0.25) is 0 Å². The van der Waals surface area contributed by atoms with Crippen LogP contribution in [-0.2, 0) is 6.54 Å². The lowest BCUT2D eigenvalue weighted by molar-refractivity contribution is 0.517. The zero-order valence-corrected chi connectivity index (χ0v) is 12.2. The van der Waals surface area contributed by atoms with Crippen molar-refractivity contribution in [2.45, 2.75) is 25.8 Å². The molecule has 114 valence electrons. The summed E-state index contributed by atoms with van der Waals surface area (Å²) in [6.07, 6.45) is 7.03. The molecule has 4 rings (SSSR count). The topological polar surface area (TPSA) is 82.9 Å². The Kier molecular flexibility index (Phi) is 3.38. The maximum Gasteiger partial charge on any atom is 0.227 e. The predicted octanol–water partition coefficient (Wildman–Crippen LogP) is 2.55. The lowest BCUT2D eigenvalue weighted by atomic mass is 10.1. The quantitative estimate of drug-likeness (QED) is 0.770. The van der Waals surface area contributed by atoms with Crippen LogP contribution in [-0.4, -0.2) is 33.0 Å². The van der Waals surface area contributed by atoms with E-state index < -0.39 is 0 Å². The van der Waals surface area contributed by atoms with Gasteiger partial charge >= 0.3 is 0 Å². The molecule has 3 aromatic rings. The van der Waals surface area contributed by atoms with Crippen molar-refractivity contribution < 1.29 is 4.42 Å². The maximum absolute atomic E-state index is 5.32. The van der Waals surface area contributed by atoms with Crippen molar-refractivity contribution in [1.29, 1.82) is 0 Å². The van der Waals surface area contributed by atoms with E-state index in [1.165, 1.54) is 19.3 Å². The Morgan fingerprint density at radius 2 is 2.14 bits per heavy atom. The van der Waals surface area contributed by atoms with E-state index in [0.29, 0.717) is 18.1 Å². The number of furan rings is 1. The average Bonchev–Trinajstić information content (AvgIpc) is 3.24. The Morgan fingerprint density at radius 1 is 1.23 bits per heavy atom. The molecule has 1 aliphatic rings. The first-order valence-electron chi connectivity index (χ1n) is 7.62. The number of fused-ring (bicyclic) bond motifs is 1. The molecule has 1 fully saturated rings. The monoisotopic (exact) mass is 298 g/mol. The summed E-state index contributed by atoms with van der Waals surface area (Å²) in [5, 5.41) is 3.21. The minimum absolute atomic E-state index is 0.558. The van der Waals surface area contributed by atoms with Gasteiger partial charge in [0, 0.05) is 13.1 Å². The number of piperidine rings is 1. The van der Waals surface area contributed by atoms with Gasteiger partial charge in [0.15, 0.2) is 11.5 Å². The summed E-state index contributed by atoms with van der Waals surface area (Å²) in [4.78, 5) is 18.9. The van der Waals surface area contributed by atoms with Crippen LogP contribution in [0.3, 0.4) is 0 Å². The molecule has 7 heteroatoms. The number of aromatic nitrogens is 4. The Morgan fingerprint density at radius 3 is 2.95 bits per heavy atom. The van der Waals surface area contributed by atoms with Gasteiger partial charge in [-0.3, -0.25) is 0 Å². The van der Waals surface area contributed by atoms with Crippen molar-refractivity contribution >= 4 is 22.9 Å². The second-order valence-electron chi connectivity index (χ2n) is 5.45. The van der Waals surface area contributed by atoms with Crippen LogP contribution >= 0.6 is 0 Å². The first-order chi connectivity index (χ1) is 10.9. The van der Waals surface area contributed by atoms with Gasteiger partial charge in [0.1, 0.15) is 11.3 Å². The molecule has 1 saturated heterocycles. The van der Waals surface area contributed by atoms with E-state index in [1.807, 2.05) is 12.1 Å². The third-order valence-electron chi connectivity index (χ3n) is 3.92. The SMILES string of the molecule is c1coc(CNc2nc(N3CCCCC3)c3[nH]cnc3n2)c1. The molecule has 1 aliphatic heterocycles. The third-order valence-corrected chi connectivity index (χ3v) is 3.92. The molecule has 7 nitrogen and oxygen atoms in total. The van der Waals surface area contributed by atoms with Crippen LogP contribution in [0.25, 0.3) is 11.2 Å². The summed E-state index contributed by atoms with van der Waals surface area (Å²) < 4.78 is 5.32. The van der Waals surface area contributed by atoms with E-state index in [-0.39, 0.29) is 0 Å². The standard InChI is InChI=1S/C15H18N6O/c1-2-6-21(7-3-1)14-12-13(18-10-17-12)19-15(20-14)16-9-11-5-4-8-22-11/h4-5,8,10H,1-3,6-7,9H2,(H2,16,17,18,19,20).